The normalized spacial score (nSPS) is 17.7. The molecule has 4 rings (SSSR count). The summed E-state index contributed by atoms with van der Waals surface area (Å²) in [6.07, 6.45) is 3.55. The zero-order chi connectivity index (χ0) is 17.9. The highest BCUT2D eigenvalue weighted by Crippen LogP contribution is 2.29. The van der Waals surface area contributed by atoms with Crippen molar-refractivity contribution in [3.8, 4) is 5.75 Å². The van der Waals surface area contributed by atoms with Gasteiger partial charge in [0.25, 0.3) is 5.91 Å². The number of rotatable bonds is 4. The van der Waals surface area contributed by atoms with Crippen molar-refractivity contribution in [2.45, 2.75) is 25.4 Å². The quantitative estimate of drug-likeness (QED) is 0.839. The predicted molar refractivity (Wildman–Crippen MR) is 99.2 cm³/mol. The highest BCUT2D eigenvalue weighted by molar-refractivity contribution is 5.97. The minimum atomic E-state index is -0.216. The van der Waals surface area contributed by atoms with Gasteiger partial charge in [-0.15, -0.1) is 0 Å². The summed E-state index contributed by atoms with van der Waals surface area (Å²) in [7, 11) is 0. The molecule has 0 unspecified atom stereocenters. The summed E-state index contributed by atoms with van der Waals surface area (Å²) in [5.41, 5.74) is 1.23. The van der Waals surface area contributed by atoms with E-state index >= 15 is 0 Å². The molecule has 0 N–H and O–H groups in total. The maximum atomic E-state index is 14.0. The third kappa shape index (κ3) is 3.39. The number of anilines is 1. The number of para-hydroxylation sites is 2. The molecular weight excluding hydrogens is 331 g/mol. The fourth-order valence-corrected chi connectivity index (χ4v) is 3.44. The Morgan fingerprint density at radius 2 is 1.65 bits per heavy atom. The number of nitrogens with zero attached hydrogens (tertiary/aromatic N) is 2. The second-order valence-corrected chi connectivity index (χ2v) is 6.90. The van der Waals surface area contributed by atoms with Gasteiger partial charge >= 0.3 is 0 Å². The van der Waals surface area contributed by atoms with Gasteiger partial charge in [0.2, 0.25) is 0 Å². The van der Waals surface area contributed by atoms with Crippen LogP contribution in [0.1, 0.15) is 29.6 Å². The van der Waals surface area contributed by atoms with E-state index in [0.717, 1.165) is 12.8 Å². The SMILES string of the molecule is O=C(c1ccccc1OC1CCC1)N1CCN(c2ccccc2F)CC1. The second kappa shape index (κ2) is 7.36. The third-order valence-electron chi connectivity index (χ3n) is 5.22. The monoisotopic (exact) mass is 354 g/mol. The number of benzene rings is 2. The second-order valence-electron chi connectivity index (χ2n) is 6.90. The molecule has 1 saturated carbocycles. The molecule has 136 valence electrons. The number of piperazine rings is 1. The van der Waals surface area contributed by atoms with Gasteiger partial charge < -0.3 is 14.5 Å². The lowest BCUT2D eigenvalue weighted by molar-refractivity contribution is 0.0729. The molecule has 0 spiro atoms. The molecule has 26 heavy (non-hydrogen) atoms. The van der Waals surface area contributed by atoms with Crippen molar-refractivity contribution in [1.29, 1.82) is 0 Å². The minimum absolute atomic E-state index is 0.00638. The van der Waals surface area contributed by atoms with Crippen molar-refractivity contribution in [2.75, 3.05) is 31.1 Å². The first-order valence-corrected chi connectivity index (χ1v) is 9.27. The molecule has 2 aromatic rings. The van der Waals surface area contributed by atoms with E-state index in [-0.39, 0.29) is 17.8 Å². The van der Waals surface area contributed by atoms with Gasteiger partial charge in [-0.25, -0.2) is 4.39 Å². The molecule has 4 nitrogen and oxygen atoms in total. The Hall–Kier alpha value is -2.56. The first kappa shape index (κ1) is 16.9. The van der Waals surface area contributed by atoms with Crippen LogP contribution in [0.25, 0.3) is 0 Å². The molecule has 5 heteroatoms. The summed E-state index contributed by atoms with van der Waals surface area (Å²) in [4.78, 5) is 16.8. The molecule has 2 fully saturated rings. The van der Waals surface area contributed by atoms with Gasteiger partial charge in [0.1, 0.15) is 11.6 Å². The van der Waals surface area contributed by atoms with Crippen molar-refractivity contribution in [3.63, 3.8) is 0 Å². The molecule has 1 heterocycles. The Kier molecular flexibility index (Phi) is 4.78. The maximum Gasteiger partial charge on any atom is 0.257 e. The topological polar surface area (TPSA) is 32.8 Å². The summed E-state index contributed by atoms with van der Waals surface area (Å²) in [6.45, 7) is 2.40. The molecule has 1 aliphatic heterocycles. The maximum absolute atomic E-state index is 14.0. The Bertz CT molecular complexity index is 783. The summed E-state index contributed by atoms with van der Waals surface area (Å²) in [5.74, 6) is 0.457. The molecule has 0 radical (unpaired) electrons. The molecule has 1 aliphatic carbocycles. The van der Waals surface area contributed by atoms with E-state index in [4.69, 9.17) is 4.74 Å². The molecule has 1 saturated heterocycles. The van der Waals surface area contributed by atoms with E-state index in [1.807, 2.05) is 40.1 Å². The van der Waals surface area contributed by atoms with E-state index in [1.165, 1.54) is 12.5 Å². The van der Waals surface area contributed by atoms with E-state index in [1.54, 1.807) is 12.1 Å². The standard InChI is InChI=1S/C21H23FN2O2/c22-18-9-2-3-10-19(18)23-12-14-24(15-13-23)21(25)17-8-1-4-11-20(17)26-16-6-5-7-16/h1-4,8-11,16H,5-7,12-15H2. The van der Waals surface area contributed by atoms with Gasteiger partial charge in [-0.3, -0.25) is 4.79 Å². The van der Waals surface area contributed by atoms with E-state index in [2.05, 4.69) is 0 Å². The van der Waals surface area contributed by atoms with Crippen molar-refractivity contribution in [3.05, 3.63) is 59.9 Å². The average Bonchev–Trinajstić information content (AvgIpc) is 2.65. The van der Waals surface area contributed by atoms with Crippen LogP contribution in [-0.2, 0) is 0 Å². The van der Waals surface area contributed by atoms with Crippen LogP contribution in [0.3, 0.4) is 0 Å². The fourth-order valence-electron chi connectivity index (χ4n) is 3.44. The van der Waals surface area contributed by atoms with Crippen LogP contribution in [0.5, 0.6) is 5.75 Å². The van der Waals surface area contributed by atoms with Crippen molar-refractivity contribution >= 4 is 11.6 Å². The van der Waals surface area contributed by atoms with Gasteiger partial charge in [0.05, 0.1) is 17.4 Å². The molecule has 2 aliphatic rings. The Labute approximate surface area is 153 Å². The van der Waals surface area contributed by atoms with Crippen LogP contribution in [0, 0.1) is 5.82 Å². The predicted octanol–water partition coefficient (Wildman–Crippen LogP) is 3.72. The summed E-state index contributed by atoms with van der Waals surface area (Å²) >= 11 is 0. The lowest BCUT2D eigenvalue weighted by Crippen LogP contribution is -2.49. The van der Waals surface area contributed by atoms with E-state index in [9.17, 15) is 9.18 Å². The van der Waals surface area contributed by atoms with Gasteiger partial charge in [-0.2, -0.15) is 0 Å². The number of ether oxygens (including phenoxy) is 1. The van der Waals surface area contributed by atoms with Crippen LogP contribution < -0.4 is 9.64 Å². The number of halogens is 1. The van der Waals surface area contributed by atoms with Crippen molar-refractivity contribution in [1.82, 2.24) is 4.90 Å². The Morgan fingerprint density at radius 3 is 2.35 bits per heavy atom. The van der Waals surface area contributed by atoms with E-state index < -0.39 is 0 Å². The molecular formula is C21H23FN2O2. The first-order chi connectivity index (χ1) is 12.7. The summed E-state index contributed by atoms with van der Waals surface area (Å²) in [5, 5.41) is 0. The molecule has 0 bridgehead atoms. The summed E-state index contributed by atoms with van der Waals surface area (Å²) < 4.78 is 20.0. The summed E-state index contributed by atoms with van der Waals surface area (Å²) in [6, 6.07) is 14.3. The van der Waals surface area contributed by atoms with Gasteiger partial charge in [-0.1, -0.05) is 24.3 Å². The van der Waals surface area contributed by atoms with E-state index in [0.29, 0.717) is 43.2 Å². The zero-order valence-corrected chi connectivity index (χ0v) is 14.7. The zero-order valence-electron chi connectivity index (χ0n) is 14.7. The highest BCUT2D eigenvalue weighted by atomic mass is 19.1. The number of amides is 1. The lowest BCUT2D eigenvalue weighted by Gasteiger charge is -2.36. The molecule has 0 atom stereocenters. The largest absolute Gasteiger partial charge is 0.490 e. The van der Waals surface area contributed by atoms with Crippen LogP contribution in [0.15, 0.2) is 48.5 Å². The van der Waals surface area contributed by atoms with Gasteiger partial charge in [0.15, 0.2) is 0 Å². The van der Waals surface area contributed by atoms with Crippen molar-refractivity contribution in [2.24, 2.45) is 0 Å². The molecule has 0 aromatic heterocycles. The van der Waals surface area contributed by atoms with Crippen molar-refractivity contribution < 1.29 is 13.9 Å². The average molecular weight is 354 g/mol. The smallest absolute Gasteiger partial charge is 0.257 e. The minimum Gasteiger partial charge on any atom is -0.490 e. The van der Waals surface area contributed by atoms with Crippen LogP contribution in [0.2, 0.25) is 0 Å². The van der Waals surface area contributed by atoms with Crippen LogP contribution in [-0.4, -0.2) is 43.1 Å². The van der Waals surface area contributed by atoms with Gasteiger partial charge in [-0.05, 0) is 43.5 Å². The Balaban J connectivity index is 1.43. The number of carbonyl (C=O) groups excluding carboxylic acids is 1. The molecule has 1 amide bonds. The third-order valence-corrected chi connectivity index (χ3v) is 5.22. The first-order valence-electron chi connectivity index (χ1n) is 9.27. The van der Waals surface area contributed by atoms with Crippen LogP contribution in [0.4, 0.5) is 10.1 Å². The molecule has 2 aromatic carbocycles. The fraction of sp³-hybridized carbons (Fsp3) is 0.381. The number of hydrogen-bond acceptors (Lipinski definition) is 3. The van der Waals surface area contributed by atoms with Gasteiger partial charge in [0, 0.05) is 26.2 Å². The number of carbonyl (C=O) groups is 1. The van der Waals surface area contributed by atoms with Crippen LogP contribution >= 0.6 is 0 Å². The Morgan fingerprint density at radius 1 is 0.962 bits per heavy atom. The number of hydrogen-bond donors (Lipinski definition) is 0. The highest BCUT2D eigenvalue weighted by Gasteiger charge is 2.27. The lowest BCUT2D eigenvalue weighted by atomic mass is 9.96.